The van der Waals surface area contributed by atoms with Gasteiger partial charge in [-0.3, -0.25) is 9.79 Å². The Kier molecular flexibility index (Phi) is 3.39. The van der Waals surface area contributed by atoms with Crippen molar-refractivity contribution in [3.8, 4) is 6.07 Å². The summed E-state index contributed by atoms with van der Waals surface area (Å²) in [6.07, 6.45) is 0.446. The molecule has 2 rings (SSSR count). The van der Waals surface area contributed by atoms with Crippen LogP contribution in [0.2, 0.25) is 0 Å². The fourth-order valence-corrected chi connectivity index (χ4v) is 2.42. The maximum absolute atomic E-state index is 10.9. The molecule has 1 heterocycles. The molecule has 1 aromatic rings. The first kappa shape index (κ1) is 12.7. The maximum Gasteiger partial charge on any atom is 0.306 e. The van der Waals surface area contributed by atoms with Crippen LogP contribution in [-0.2, 0) is 11.2 Å². The van der Waals surface area contributed by atoms with Gasteiger partial charge >= 0.3 is 5.97 Å². The van der Waals surface area contributed by atoms with Gasteiger partial charge in [0, 0.05) is 12.1 Å². The normalized spacial score (nSPS) is 17.0. The molecule has 0 saturated heterocycles. The molecule has 0 spiro atoms. The first-order chi connectivity index (χ1) is 8.57. The Morgan fingerprint density at radius 1 is 1.56 bits per heavy atom. The molecular formula is C13H12N2O2S. The second kappa shape index (κ2) is 4.83. The van der Waals surface area contributed by atoms with Gasteiger partial charge in [-0.1, -0.05) is 24.3 Å². The highest BCUT2D eigenvalue weighted by atomic mass is 32.1. The maximum atomic E-state index is 10.9. The molecule has 4 nitrogen and oxygen atoms in total. The molecular weight excluding hydrogens is 248 g/mol. The van der Waals surface area contributed by atoms with Crippen molar-refractivity contribution in [2.45, 2.75) is 17.6 Å². The third-order valence-electron chi connectivity index (χ3n) is 2.91. The molecule has 1 aliphatic rings. The predicted molar refractivity (Wildman–Crippen MR) is 71.1 cm³/mol. The SMILES string of the molecule is N#CC(S)(CC(=O)O)C1=NCCc2ccccc21. The number of thiol groups is 1. The Morgan fingerprint density at radius 3 is 2.94 bits per heavy atom. The molecule has 1 unspecified atom stereocenters. The van der Waals surface area contributed by atoms with E-state index in [1.54, 1.807) is 0 Å². The molecule has 0 aliphatic carbocycles. The summed E-state index contributed by atoms with van der Waals surface area (Å²) in [4.78, 5) is 15.2. The summed E-state index contributed by atoms with van der Waals surface area (Å²) in [5.41, 5.74) is 2.39. The first-order valence-corrected chi connectivity index (χ1v) is 6.00. The number of fused-ring (bicyclic) bond motifs is 1. The van der Waals surface area contributed by atoms with Crippen molar-refractivity contribution in [3.63, 3.8) is 0 Å². The minimum absolute atomic E-state index is 0.361. The van der Waals surface area contributed by atoms with Gasteiger partial charge in [-0.05, 0) is 12.0 Å². The van der Waals surface area contributed by atoms with Gasteiger partial charge in [-0.15, -0.1) is 0 Å². The number of nitriles is 1. The molecule has 1 aliphatic heterocycles. The largest absolute Gasteiger partial charge is 0.481 e. The number of aliphatic imine (C=N–C) groups is 1. The monoisotopic (exact) mass is 260 g/mol. The number of nitrogens with zero attached hydrogens (tertiary/aromatic N) is 2. The van der Waals surface area contributed by atoms with Crippen LogP contribution < -0.4 is 0 Å². The fraction of sp³-hybridized carbons (Fsp3) is 0.308. The molecule has 0 bridgehead atoms. The highest BCUT2D eigenvalue weighted by Gasteiger charge is 2.37. The zero-order valence-corrected chi connectivity index (χ0v) is 10.5. The van der Waals surface area contributed by atoms with E-state index in [0.29, 0.717) is 12.3 Å². The average molecular weight is 260 g/mol. The van der Waals surface area contributed by atoms with Crippen LogP contribution in [0.3, 0.4) is 0 Å². The molecule has 18 heavy (non-hydrogen) atoms. The summed E-state index contributed by atoms with van der Waals surface area (Å²) in [5.74, 6) is -1.06. The van der Waals surface area contributed by atoms with Gasteiger partial charge in [0.15, 0.2) is 4.75 Å². The third-order valence-corrected chi connectivity index (χ3v) is 3.38. The van der Waals surface area contributed by atoms with Gasteiger partial charge in [-0.2, -0.15) is 17.9 Å². The van der Waals surface area contributed by atoms with Crippen molar-refractivity contribution < 1.29 is 9.90 Å². The summed E-state index contributed by atoms with van der Waals surface area (Å²) < 4.78 is -1.37. The van der Waals surface area contributed by atoms with E-state index in [-0.39, 0.29) is 6.42 Å². The quantitative estimate of drug-likeness (QED) is 0.812. The Morgan fingerprint density at radius 2 is 2.28 bits per heavy atom. The van der Waals surface area contributed by atoms with Gasteiger partial charge in [0.25, 0.3) is 0 Å². The zero-order valence-electron chi connectivity index (χ0n) is 9.63. The molecule has 0 aromatic heterocycles. The molecule has 92 valence electrons. The summed E-state index contributed by atoms with van der Waals surface area (Å²) in [7, 11) is 0. The Hall–Kier alpha value is -1.80. The summed E-state index contributed by atoms with van der Waals surface area (Å²) in [5, 5.41) is 18.1. The lowest BCUT2D eigenvalue weighted by Crippen LogP contribution is -2.37. The highest BCUT2D eigenvalue weighted by molar-refractivity contribution is 7.83. The van der Waals surface area contributed by atoms with Crippen molar-refractivity contribution >= 4 is 24.3 Å². The number of carbonyl (C=O) groups is 1. The van der Waals surface area contributed by atoms with Crippen molar-refractivity contribution in [2.75, 3.05) is 6.54 Å². The molecule has 1 N–H and O–H groups in total. The predicted octanol–water partition coefficient (Wildman–Crippen LogP) is 1.70. The van der Waals surface area contributed by atoms with Gasteiger partial charge < -0.3 is 5.11 Å². The first-order valence-electron chi connectivity index (χ1n) is 5.55. The molecule has 0 saturated carbocycles. The van der Waals surface area contributed by atoms with E-state index in [9.17, 15) is 10.1 Å². The van der Waals surface area contributed by atoms with Gasteiger partial charge in [0.1, 0.15) is 0 Å². The van der Waals surface area contributed by atoms with E-state index in [1.165, 1.54) is 0 Å². The second-order valence-electron chi connectivity index (χ2n) is 4.18. The van der Waals surface area contributed by atoms with E-state index in [4.69, 9.17) is 5.11 Å². The number of hydrogen-bond donors (Lipinski definition) is 2. The minimum atomic E-state index is -1.37. The standard InChI is InChI=1S/C13H12N2O2S/c14-8-13(18,7-11(16)17)12-10-4-2-1-3-9(10)5-6-15-12/h1-4,18H,5-7H2,(H,16,17). The molecule has 1 aromatic carbocycles. The topological polar surface area (TPSA) is 73.5 Å². The Bertz CT molecular complexity index is 562. The highest BCUT2D eigenvalue weighted by Crippen LogP contribution is 2.29. The number of carboxylic acid groups (broad SMARTS) is 1. The van der Waals surface area contributed by atoms with Crippen LogP contribution in [0.1, 0.15) is 17.5 Å². The van der Waals surface area contributed by atoms with E-state index in [0.717, 1.165) is 17.5 Å². The number of carboxylic acids is 1. The average Bonchev–Trinajstić information content (AvgIpc) is 2.37. The summed E-state index contributed by atoms with van der Waals surface area (Å²) in [6.45, 7) is 0.565. The van der Waals surface area contributed by atoms with Gasteiger partial charge in [0.2, 0.25) is 0 Å². The van der Waals surface area contributed by atoms with E-state index in [1.807, 2.05) is 30.3 Å². The van der Waals surface area contributed by atoms with Crippen molar-refractivity contribution in [2.24, 2.45) is 4.99 Å². The summed E-state index contributed by atoms with van der Waals surface area (Å²) >= 11 is 4.25. The number of aliphatic carboxylic acids is 1. The van der Waals surface area contributed by atoms with E-state index < -0.39 is 10.7 Å². The summed E-state index contributed by atoms with van der Waals surface area (Å²) in [6, 6.07) is 9.58. The van der Waals surface area contributed by atoms with Crippen LogP contribution in [0, 0.1) is 11.3 Å². The lowest BCUT2D eigenvalue weighted by atomic mass is 9.88. The minimum Gasteiger partial charge on any atom is -0.481 e. The molecule has 5 heteroatoms. The van der Waals surface area contributed by atoms with Gasteiger partial charge in [0.05, 0.1) is 18.2 Å². The molecule has 1 atom stereocenters. The van der Waals surface area contributed by atoms with Crippen LogP contribution in [0.25, 0.3) is 0 Å². The van der Waals surface area contributed by atoms with Crippen molar-refractivity contribution in [1.82, 2.24) is 0 Å². The van der Waals surface area contributed by atoms with Crippen molar-refractivity contribution in [3.05, 3.63) is 35.4 Å². The van der Waals surface area contributed by atoms with Crippen molar-refractivity contribution in [1.29, 1.82) is 5.26 Å². The Labute approximate surface area is 110 Å². The number of hydrogen-bond acceptors (Lipinski definition) is 4. The van der Waals surface area contributed by atoms with E-state index >= 15 is 0 Å². The van der Waals surface area contributed by atoms with Crippen LogP contribution >= 0.6 is 12.6 Å². The Balaban J connectivity index is 2.47. The molecule has 0 amide bonds. The van der Waals surface area contributed by atoms with Crippen LogP contribution in [0.4, 0.5) is 0 Å². The fourth-order valence-electron chi connectivity index (χ4n) is 2.09. The zero-order chi connectivity index (χ0) is 13.2. The van der Waals surface area contributed by atoms with Crippen LogP contribution in [0.15, 0.2) is 29.3 Å². The lowest BCUT2D eigenvalue weighted by molar-refractivity contribution is -0.137. The third kappa shape index (κ3) is 2.24. The molecule has 0 fully saturated rings. The lowest BCUT2D eigenvalue weighted by Gasteiger charge is -2.26. The number of rotatable bonds is 3. The van der Waals surface area contributed by atoms with Gasteiger partial charge in [-0.25, -0.2) is 0 Å². The number of benzene rings is 1. The van der Waals surface area contributed by atoms with Crippen LogP contribution in [-0.4, -0.2) is 28.1 Å². The van der Waals surface area contributed by atoms with E-state index in [2.05, 4.69) is 17.6 Å². The van der Waals surface area contributed by atoms with Crippen LogP contribution in [0.5, 0.6) is 0 Å². The smallest absolute Gasteiger partial charge is 0.306 e. The second-order valence-corrected chi connectivity index (χ2v) is 4.94. The molecule has 0 radical (unpaired) electrons.